The number of nitrogens with one attached hydrogen (secondary N) is 1. The molecule has 2 saturated heterocycles. The molecule has 0 aliphatic carbocycles. The summed E-state index contributed by atoms with van der Waals surface area (Å²) < 4.78 is 0. The van der Waals surface area contributed by atoms with Crippen molar-refractivity contribution in [2.45, 2.75) is 12.6 Å². The molecule has 0 aromatic carbocycles. The van der Waals surface area contributed by atoms with E-state index in [9.17, 15) is 4.79 Å². The van der Waals surface area contributed by atoms with Crippen LogP contribution in [0.4, 0.5) is 4.79 Å². The molecule has 2 fully saturated rings. The lowest BCUT2D eigenvalue weighted by molar-refractivity contribution is 0.178. The number of amides is 2. The standard InChI is InChI=1S/C12H16N4O/c17-12-15(8-10-2-1-3-13-6-10)9-11-7-14-4-5-16(11)12/h1-3,6,11,14H,4-5,7-9H2. The molecule has 2 aliphatic heterocycles. The molecule has 1 atom stereocenters. The Kier molecular flexibility index (Phi) is 2.68. The van der Waals surface area contributed by atoms with Crippen LogP contribution < -0.4 is 5.32 Å². The molecule has 0 bridgehead atoms. The number of nitrogens with zero attached hydrogens (tertiary/aromatic N) is 3. The Morgan fingerprint density at radius 2 is 2.47 bits per heavy atom. The van der Waals surface area contributed by atoms with Gasteiger partial charge in [0.2, 0.25) is 0 Å². The van der Waals surface area contributed by atoms with Gasteiger partial charge in [-0.15, -0.1) is 0 Å². The zero-order valence-corrected chi connectivity index (χ0v) is 9.67. The number of aromatic nitrogens is 1. The van der Waals surface area contributed by atoms with Gasteiger partial charge < -0.3 is 15.1 Å². The van der Waals surface area contributed by atoms with E-state index in [1.807, 2.05) is 28.1 Å². The molecule has 17 heavy (non-hydrogen) atoms. The van der Waals surface area contributed by atoms with Crippen LogP contribution >= 0.6 is 0 Å². The molecule has 1 unspecified atom stereocenters. The van der Waals surface area contributed by atoms with Gasteiger partial charge in [-0.1, -0.05) is 6.07 Å². The maximum atomic E-state index is 12.1. The molecule has 3 rings (SSSR count). The predicted molar refractivity (Wildman–Crippen MR) is 63.4 cm³/mol. The number of piperazine rings is 1. The zero-order chi connectivity index (χ0) is 11.7. The molecule has 2 aliphatic rings. The molecule has 0 saturated carbocycles. The number of hydrogen-bond donors (Lipinski definition) is 1. The van der Waals surface area contributed by atoms with Gasteiger partial charge in [0.25, 0.3) is 0 Å². The maximum Gasteiger partial charge on any atom is 0.320 e. The fraction of sp³-hybridized carbons (Fsp3) is 0.500. The fourth-order valence-corrected chi connectivity index (χ4v) is 2.53. The van der Waals surface area contributed by atoms with Crippen molar-refractivity contribution >= 4 is 6.03 Å². The fourth-order valence-electron chi connectivity index (χ4n) is 2.53. The van der Waals surface area contributed by atoms with E-state index in [0.29, 0.717) is 12.6 Å². The summed E-state index contributed by atoms with van der Waals surface area (Å²) in [5.41, 5.74) is 1.09. The SMILES string of the molecule is O=C1N(Cc2cccnc2)CC2CNCCN12. The lowest BCUT2D eigenvalue weighted by Gasteiger charge is -2.28. The van der Waals surface area contributed by atoms with Gasteiger partial charge in [-0.2, -0.15) is 0 Å². The van der Waals surface area contributed by atoms with Crippen LogP contribution in [0.25, 0.3) is 0 Å². The average molecular weight is 232 g/mol. The van der Waals surface area contributed by atoms with Gasteiger partial charge in [-0.05, 0) is 11.6 Å². The number of rotatable bonds is 2. The van der Waals surface area contributed by atoms with Crippen LogP contribution in [0.15, 0.2) is 24.5 Å². The highest BCUT2D eigenvalue weighted by molar-refractivity contribution is 5.77. The van der Waals surface area contributed by atoms with Gasteiger partial charge in [-0.25, -0.2) is 4.79 Å². The van der Waals surface area contributed by atoms with E-state index in [1.165, 1.54) is 0 Å². The van der Waals surface area contributed by atoms with E-state index in [1.54, 1.807) is 6.20 Å². The molecule has 2 amide bonds. The monoisotopic (exact) mass is 232 g/mol. The lowest BCUT2D eigenvalue weighted by Crippen LogP contribution is -2.49. The van der Waals surface area contributed by atoms with E-state index >= 15 is 0 Å². The van der Waals surface area contributed by atoms with Crippen molar-refractivity contribution in [3.8, 4) is 0 Å². The first-order valence-corrected chi connectivity index (χ1v) is 6.00. The molecule has 3 heterocycles. The first kappa shape index (κ1) is 10.5. The van der Waals surface area contributed by atoms with Crippen molar-refractivity contribution in [1.29, 1.82) is 0 Å². The second-order valence-corrected chi connectivity index (χ2v) is 4.58. The van der Waals surface area contributed by atoms with Crippen LogP contribution in [0, 0.1) is 0 Å². The van der Waals surface area contributed by atoms with Gasteiger partial charge in [0.15, 0.2) is 0 Å². The number of urea groups is 1. The Labute approximate surface area is 100 Å². The van der Waals surface area contributed by atoms with Gasteiger partial charge in [0.05, 0.1) is 6.04 Å². The van der Waals surface area contributed by atoms with Crippen molar-refractivity contribution in [2.24, 2.45) is 0 Å². The normalized spacial score (nSPS) is 24.0. The van der Waals surface area contributed by atoms with Crippen molar-refractivity contribution in [1.82, 2.24) is 20.1 Å². The predicted octanol–water partition coefficient (Wildman–Crippen LogP) is 0.291. The average Bonchev–Trinajstić information content (AvgIpc) is 2.68. The molecule has 1 aromatic heterocycles. The highest BCUT2D eigenvalue weighted by Crippen LogP contribution is 2.19. The summed E-state index contributed by atoms with van der Waals surface area (Å²) >= 11 is 0. The summed E-state index contributed by atoms with van der Waals surface area (Å²) in [6, 6.07) is 4.42. The smallest absolute Gasteiger partial charge is 0.318 e. The Hall–Kier alpha value is -1.62. The van der Waals surface area contributed by atoms with Crippen LogP contribution in [0.2, 0.25) is 0 Å². The largest absolute Gasteiger partial charge is 0.320 e. The maximum absolute atomic E-state index is 12.1. The first-order valence-electron chi connectivity index (χ1n) is 6.00. The van der Waals surface area contributed by atoms with Crippen LogP contribution in [0.5, 0.6) is 0 Å². The van der Waals surface area contributed by atoms with Gasteiger partial charge in [0.1, 0.15) is 0 Å². The Balaban J connectivity index is 1.71. The van der Waals surface area contributed by atoms with E-state index < -0.39 is 0 Å². The van der Waals surface area contributed by atoms with Gasteiger partial charge >= 0.3 is 6.03 Å². The third kappa shape index (κ3) is 1.98. The Bertz CT molecular complexity index is 408. The van der Waals surface area contributed by atoms with Crippen LogP contribution in [-0.2, 0) is 6.54 Å². The quantitative estimate of drug-likeness (QED) is 0.797. The second kappa shape index (κ2) is 4.33. The van der Waals surface area contributed by atoms with Crippen molar-refractivity contribution in [2.75, 3.05) is 26.2 Å². The highest BCUT2D eigenvalue weighted by atomic mass is 16.2. The van der Waals surface area contributed by atoms with Crippen LogP contribution in [0.1, 0.15) is 5.56 Å². The molecule has 0 spiro atoms. The molecular formula is C12H16N4O. The molecule has 5 heteroatoms. The Morgan fingerprint density at radius 3 is 3.24 bits per heavy atom. The summed E-state index contributed by atoms with van der Waals surface area (Å²) in [5, 5.41) is 3.33. The van der Waals surface area contributed by atoms with Crippen LogP contribution in [-0.4, -0.2) is 53.0 Å². The Morgan fingerprint density at radius 1 is 1.53 bits per heavy atom. The topological polar surface area (TPSA) is 48.5 Å². The first-order chi connectivity index (χ1) is 8.34. The number of pyridine rings is 1. The molecular weight excluding hydrogens is 216 g/mol. The molecule has 90 valence electrons. The summed E-state index contributed by atoms with van der Waals surface area (Å²) in [6.07, 6.45) is 3.57. The van der Waals surface area contributed by atoms with Gasteiger partial charge in [0, 0.05) is 45.1 Å². The summed E-state index contributed by atoms with van der Waals surface area (Å²) in [6.45, 7) is 4.13. The number of fused-ring (bicyclic) bond motifs is 1. The highest BCUT2D eigenvalue weighted by Gasteiger charge is 2.38. The number of carbonyl (C=O) groups excluding carboxylic acids is 1. The van der Waals surface area contributed by atoms with Gasteiger partial charge in [-0.3, -0.25) is 4.98 Å². The molecule has 5 nitrogen and oxygen atoms in total. The van der Waals surface area contributed by atoms with Crippen molar-refractivity contribution < 1.29 is 4.79 Å². The second-order valence-electron chi connectivity index (χ2n) is 4.58. The number of carbonyl (C=O) groups is 1. The van der Waals surface area contributed by atoms with E-state index in [2.05, 4.69) is 10.3 Å². The molecule has 1 N–H and O–H groups in total. The summed E-state index contributed by atoms with van der Waals surface area (Å²) in [5.74, 6) is 0. The summed E-state index contributed by atoms with van der Waals surface area (Å²) in [7, 11) is 0. The molecule has 0 radical (unpaired) electrons. The molecule has 1 aromatic rings. The third-order valence-corrected chi connectivity index (χ3v) is 3.39. The van der Waals surface area contributed by atoms with Crippen molar-refractivity contribution in [3.05, 3.63) is 30.1 Å². The van der Waals surface area contributed by atoms with E-state index in [4.69, 9.17) is 0 Å². The van der Waals surface area contributed by atoms with E-state index in [0.717, 1.165) is 31.7 Å². The third-order valence-electron chi connectivity index (χ3n) is 3.39. The number of hydrogen-bond acceptors (Lipinski definition) is 3. The van der Waals surface area contributed by atoms with Crippen molar-refractivity contribution in [3.63, 3.8) is 0 Å². The van der Waals surface area contributed by atoms with E-state index in [-0.39, 0.29) is 6.03 Å². The minimum atomic E-state index is 0.167. The van der Waals surface area contributed by atoms with Crippen LogP contribution in [0.3, 0.4) is 0 Å². The zero-order valence-electron chi connectivity index (χ0n) is 9.67. The lowest BCUT2D eigenvalue weighted by atomic mass is 10.2. The minimum Gasteiger partial charge on any atom is -0.318 e. The summed E-state index contributed by atoms with van der Waals surface area (Å²) in [4.78, 5) is 20.1. The minimum absolute atomic E-state index is 0.167.